The van der Waals surface area contributed by atoms with E-state index in [-0.39, 0.29) is 0 Å². The third-order valence-electron chi connectivity index (χ3n) is 4.57. The highest BCUT2D eigenvalue weighted by atomic mass is 32.2. The number of aryl methyl sites for hydroxylation is 1. The summed E-state index contributed by atoms with van der Waals surface area (Å²) in [7, 11) is 0. The first-order valence-corrected chi connectivity index (χ1v) is 10.8. The number of para-hydroxylation sites is 2. The Morgan fingerprint density at radius 2 is 1.78 bits per heavy atom. The van der Waals surface area contributed by atoms with E-state index in [1.165, 1.54) is 4.70 Å². The monoisotopic (exact) mass is 409 g/mol. The van der Waals surface area contributed by atoms with Gasteiger partial charge in [0.05, 0.1) is 21.6 Å². The smallest absolute Gasteiger partial charge is 0.212 e. The number of thiazole rings is 1. The third-order valence-corrected chi connectivity index (χ3v) is 6.82. The largest absolute Gasteiger partial charge is 0.324 e. The lowest BCUT2D eigenvalue weighted by atomic mass is 10.2. The Morgan fingerprint density at radius 3 is 2.63 bits per heavy atom. The van der Waals surface area contributed by atoms with Crippen LogP contribution in [0.1, 0.15) is 6.92 Å². The molecule has 3 aromatic heterocycles. The SMILES string of the molecule is CCn1c2ccccc2c2nnc(SCn3c(=S)sc4ccccc43)nc21. The molecule has 0 amide bonds. The molecule has 2 aromatic carbocycles. The highest BCUT2D eigenvalue weighted by molar-refractivity contribution is 7.98. The fourth-order valence-corrected chi connectivity index (χ4v) is 5.58. The van der Waals surface area contributed by atoms with Gasteiger partial charge in [-0.05, 0) is 37.3 Å². The molecule has 5 nitrogen and oxygen atoms in total. The summed E-state index contributed by atoms with van der Waals surface area (Å²) < 4.78 is 6.38. The van der Waals surface area contributed by atoms with Crippen molar-refractivity contribution in [2.24, 2.45) is 0 Å². The summed E-state index contributed by atoms with van der Waals surface area (Å²) in [6.07, 6.45) is 0. The van der Waals surface area contributed by atoms with E-state index in [0.29, 0.717) is 11.0 Å². The maximum Gasteiger partial charge on any atom is 0.212 e. The quantitative estimate of drug-likeness (QED) is 0.290. The van der Waals surface area contributed by atoms with E-state index in [1.807, 2.05) is 24.3 Å². The zero-order chi connectivity index (χ0) is 18.4. The van der Waals surface area contributed by atoms with E-state index < -0.39 is 0 Å². The Bertz CT molecular complexity index is 1350. The van der Waals surface area contributed by atoms with E-state index in [1.54, 1.807) is 23.1 Å². The average Bonchev–Trinajstić information content (AvgIpc) is 3.19. The molecular weight excluding hydrogens is 394 g/mol. The van der Waals surface area contributed by atoms with Crippen molar-refractivity contribution in [2.75, 3.05) is 0 Å². The van der Waals surface area contributed by atoms with Gasteiger partial charge in [-0.1, -0.05) is 42.1 Å². The third kappa shape index (κ3) is 2.75. The maximum atomic E-state index is 5.54. The number of fused-ring (bicyclic) bond motifs is 4. The molecule has 27 heavy (non-hydrogen) atoms. The Hall–Kier alpha value is -2.29. The molecule has 0 atom stereocenters. The van der Waals surface area contributed by atoms with Gasteiger partial charge in [-0.25, -0.2) is 4.98 Å². The molecule has 3 heterocycles. The van der Waals surface area contributed by atoms with Crippen LogP contribution in [0.2, 0.25) is 0 Å². The van der Waals surface area contributed by atoms with Crippen molar-refractivity contribution in [1.82, 2.24) is 24.3 Å². The van der Waals surface area contributed by atoms with Crippen LogP contribution >= 0.6 is 35.3 Å². The van der Waals surface area contributed by atoms with Crippen molar-refractivity contribution in [1.29, 1.82) is 0 Å². The van der Waals surface area contributed by atoms with E-state index in [9.17, 15) is 0 Å². The summed E-state index contributed by atoms with van der Waals surface area (Å²) in [6.45, 7) is 2.96. The predicted octanol–water partition coefficient (Wildman–Crippen LogP) is 5.49. The van der Waals surface area contributed by atoms with Crippen molar-refractivity contribution in [3.05, 3.63) is 52.5 Å². The minimum absolute atomic E-state index is 0.664. The Morgan fingerprint density at radius 1 is 1.00 bits per heavy atom. The predicted molar refractivity (Wildman–Crippen MR) is 115 cm³/mol. The number of nitrogens with zero attached hydrogens (tertiary/aromatic N) is 5. The number of rotatable bonds is 4. The first kappa shape index (κ1) is 16.9. The Kier molecular flexibility index (Phi) is 4.18. The molecule has 0 bridgehead atoms. The number of thioether (sulfide) groups is 1. The first-order chi connectivity index (χ1) is 13.3. The standard InChI is InChI=1S/C19H15N5S3/c1-2-23-13-8-4-3-7-12(13)16-17(23)20-18(22-21-16)26-11-24-14-9-5-6-10-15(14)27-19(24)25/h3-10H,2,11H2,1H3. The molecule has 0 saturated heterocycles. The fraction of sp³-hybridized carbons (Fsp3) is 0.158. The van der Waals surface area contributed by atoms with Gasteiger partial charge in [0.1, 0.15) is 5.52 Å². The van der Waals surface area contributed by atoms with E-state index in [2.05, 4.69) is 50.5 Å². The summed E-state index contributed by atoms with van der Waals surface area (Å²) in [5.41, 5.74) is 4.03. The van der Waals surface area contributed by atoms with Crippen LogP contribution in [0.5, 0.6) is 0 Å². The van der Waals surface area contributed by atoms with Gasteiger partial charge in [-0.15, -0.1) is 21.5 Å². The van der Waals surface area contributed by atoms with Gasteiger partial charge in [0.25, 0.3) is 0 Å². The maximum absolute atomic E-state index is 5.54. The number of hydrogen-bond donors (Lipinski definition) is 0. The molecule has 0 aliphatic heterocycles. The second-order valence-electron chi connectivity index (χ2n) is 6.07. The van der Waals surface area contributed by atoms with Gasteiger partial charge in [0.15, 0.2) is 9.60 Å². The van der Waals surface area contributed by atoms with Crippen LogP contribution in [0.3, 0.4) is 0 Å². The average molecular weight is 410 g/mol. The zero-order valence-corrected chi connectivity index (χ0v) is 16.9. The highest BCUT2D eigenvalue weighted by Crippen LogP contribution is 2.29. The van der Waals surface area contributed by atoms with Crippen LogP contribution < -0.4 is 0 Å². The lowest BCUT2D eigenvalue weighted by Gasteiger charge is -2.05. The lowest BCUT2D eigenvalue weighted by Crippen LogP contribution is -2.00. The van der Waals surface area contributed by atoms with Crippen LogP contribution in [-0.4, -0.2) is 24.3 Å². The van der Waals surface area contributed by atoms with Crippen molar-refractivity contribution in [2.45, 2.75) is 24.5 Å². The molecule has 0 spiro atoms. The normalized spacial score (nSPS) is 11.7. The van der Waals surface area contributed by atoms with Crippen molar-refractivity contribution in [3.63, 3.8) is 0 Å². The number of hydrogen-bond acceptors (Lipinski definition) is 6. The minimum Gasteiger partial charge on any atom is -0.324 e. The highest BCUT2D eigenvalue weighted by Gasteiger charge is 2.14. The summed E-state index contributed by atoms with van der Waals surface area (Å²) in [5, 5.41) is 10.6. The molecule has 0 aliphatic carbocycles. The van der Waals surface area contributed by atoms with Crippen molar-refractivity contribution < 1.29 is 0 Å². The van der Waals surface area contributed by atoms with Crippen LogP contribution in [0.25, 0.3) is 32.3 Å². The minimum atomic E-state index is 0.664. The molecule has 0 N–H and O–H groups in total. The molecule has 134 valence electrons. The Balaban J connectivity index is 1.55. The summed E-state index contributed by atoms with van der Waals surface area (Å²) in [5.74, 6) is 0.669. The van der Waals surface area contributed by atoms with E-state index in [4.69, 9.17) is 17.2 Å². The van der Waals surface area contributed by atoms with Crippen LogP contribution in [0, 0.1) is 3.95 Å². The summed E-state index contributed by atoms with van der Waals surface area (Å²) in [4.78, 5) is 4.80. The molecule has 0 fully saturated rings. The first-order valence-electron chi connectivity index (χ1n) is 8.59. The fourth-order valence-electron chi connectivity index (χ4n) is 3.33. The van der Waals surface area contributed by atoms with Gasteiger partial charge < -0.3 is 9.13 Å². The van der Waals surface area contributed by atoms with Crippen LogP contribution in [0.4, 0.5) is 0 Å². The Labute approximate surface area is 168 Å². The molecule has 0 aliphatic rings. The van der Waals surface area contributed by atoms with Crippen LogP contribution in [0.15, 0.2) is 53.7 Å². The number of aromatic nitrogens is 5. The van der Waals surface area contributed by atoms with E-state index in [0.717, 1.165) is 38.1 Å². The zero-order valence-electron chi connectivity index (χ0n) is 14.5. The molecule has 0 unspecified atom stereocenters. The second-order valence-corrected chi connectivity index (χ2v) is 8.65. The van der Waals surface area contributed by atoms with Gasteiger partial charge in [0.2, 0.25) is 5.16 Å². The number of benzene rings is 2. The van der Waals surface area contributed by atoms with Gasteiger partial charge in [-0.2, -0.15) is 0 Å². The molecule has 8 heteroatoms. The molecule has 5 rings (SSSR count). The molecule has 5 aromatic rings. The molecule has 0 saturated carbocycles. The van der Waals surface area contributed by atoms with Crippen molar-refractivity contribution >= 4 is 67.6 Å². The molecular formula is C19H15N5S3. The van der Waals surface area contributed by atoms with Crippen molar-refractivity contribution in [3.8, 4) is 0 Å². The van der Waals surface area contributed by atoms with Gasteiger partial charge >= 0.3 is 0 Å². The summed E-state index contributed by atoms with van der Waals surface area (Å²) >= 11 is 8.72. The van der Waals surface area contributed by atoms with Crippen LogP contribution in [-0.2, 0) is 12.4 Å². The topological polar surface area (TPSA) is 48.5 Å². The van der Waals surface area contributed by atoms with E-state index >= 15 is 0 Å². The van der Waals surface area contributed by atoms with Gasteiger partial charge in [-0.3, -0.25) is 0 Å². The lowest BCUT2D eigenvalue weighted by molar-refractivity contribution is 0.787. The molecule has 0 radical (unpaired) electrons. The summed E-state index contributed by atoms with van der Waals surface area (Å²) in [6, 6.07) is 16.5. The second kappa shape index (κ2) is 6.70. The van der Waals surface area contributed by atoms with Gasteiger partial charge in [0, 0.05) is 11.9 Å².